The molecule has 0 aliphatic heterocycles. The Bertz CT molecular complexity index is 1500. The van der Waals surface area contributed by atoms with Crippen molar-refractivity contribution < 1.29 is 0 Å². The van der Waals surface area contributed by atoms with Gasteiger partial charge in [0.15, 0.2) is 0 Å². The molecule has 410 valence electrons. The molecule has 72 heavy (non-hydrogen) atoms. The summed E-state index contributed by atoms with van der Waals surface area (Å²) in [6.07, 6.45) is 80.6. The zero-order chi connectivity index (χ0) is 48.3. The van der Waals surface area contributed by atoms with Crippen molar-refractivity contribution in [2.75, 3.05) is 0 Å². The van der Waals surface area contributed by atoms with E-state index in [1.807, 2.05) is 0 Å². The second-order valence-corrected chi connectivity index (χ2v) is 28.7. The molecule has 0 bridgehead atoms. The highest BCUT2D eigenvalue weighted by Gasteiger charge is 2.45. The molecule has 4 nitrogen and oxygen atoms in total. The zero-order valence-corrected chi connectivity index (χ0v) is 47.5. The summed E-state index contributed by atoms with van der Waals surface area (Å²) in [6.45, 7) is 0. The maximum atomic E-state index is 3.34. The van der Waals surface area contributed by atoms with Crippen LogP contribution in [0, 0.1) is 23.7 Å². The molecule has 0 saturated heterocycles. The summed E-state index contributed by atoms with van der Waals surface area (Å²) >= 11 is 0. The molecule has 0 radical (unpaired) electrons. The molecule has 11 fully saturated rings. The fourth-order valence-electron chi connectivity index (χ4n) is 20.8. The third-order valence-electron chi connectivity index (χ3n) is 24.5. The molecule has 11 rings (SSSR count). The third kappa shape index (κ3) is 13.7. The highest BCUT2D eigenvalue weighted by atomic mass is 15.3. The molecule has 0 aromatic rings. The van der Waals surface area contributed by atoms with Gasteiger partial charge in [0.2, 0.25) is 0 Å². The molecule has 0 aromatic carbocycles. The lowest BCUT2D eigenvalue weighted by Crippen LogP contribution is -2.57. The monoisotopic (exact) mass is 991 g/mol. The Morgan fingerprint density at radius 2 is 0.319 bits per heavy atom. The summed E-state index contributed by atoms with van der Waals surface area (Å²) in [4.78, 5) is 13.2. The minimum atomic E-state index is 0.863. The Balaban J connectivity index is 0.692. The zero-order valence-electron chi connectivity index (χ0n) is 47.5. The Hall–Kier alpha value is -0.420. The van der Waals surface area contributed by atoms with Crippen LogP contribution in [-0.2, 0) is 0 Å². The lowest BCUT2D eigenvalue weighted by Gasteiger charge is -2.54. The van der Waals surface area contributed by atoms with E-state index in [1.54, 1.807) is 25.7 Å². The van der Waals surface area contributed by atoms with Crippen LogP contribution in [0.1, 0.15) is 321 Å². The van der Waals surface area contributed by atoms with Crippen LogP contribution in [0.5, 0.6) is 0 Å². The molecule has 0 unspecified atom stereocenters. The Morgan fingerprint density at radius 3 is 0.556 bits per heavy atom. The van der Waals surface area contributed by atoms with E-state index in [2.05, 4.69) is 31.8 Å². The molecule has 11 aliphatic carbocycles. The van der Waals surface area contributed by atoms with E-state index in [0.717, 1.165) is 96.2 Å². The SMILES string of the molecule is C(=CC1CCC(N(C2CCCCC2)C2CCC(N(C3CCCCC3)C3CCC(N(C4CCCCC4)C4CCC(C5CCC(N(C6CCCCC6)C6CCCCC6)CC5)CC4)CC3)CC2)CC1)C1CCCCC1. The van der Waals surface area contributed by atoms with Gasteiger partial charge in [0, 0.05) is 72.5 Å². The van der Waals surface area contributed by atoms with Crippen LogP contribution < -0.4 is 0 Å². The van der Waals surface area contributed by atoms with Crippen LogP contribution in [0.25, 0.3) is 0 Å². The van der Waals surface area contributed by atoms with Crippen molar-refractivity contribution in [3.8, 4) is 0 Å². The summed E-state index contributed by atoms with van der Waals surface area (Å²) in [5.74, 6) is 3.83. The molecule has 0 atom stereocenters. The number of hydrogen-bond donors (Lipinski definition) is 0. The van der Waals surface area contributed by atoms with Crippen molar-refractivity contribution in [2.45, 2.75) is 394 Å². The lowest BCUT2D eigenvalue weighted by molar-refractivity contribution is -0.0364. The minimum Gasteiger partial charge on any atom is -0.294 e. The Labute approximate surface area is 446 Å². The van der Waals surface area contributed by atoms with Crippen molar-refractivity contribution in [3.63, 3.8) is 0 Å². The molecule has 0 amide bonds. The summed E-state index contributed by atoms with van der Waals surface area (Å²) < 4.78 is 0. The maximum Gasteiger partial charge on any atom is 0.0102 e. The fourth-order valence-corrected chi connectivity index (χ4v) is 20.8. The standard InChI is InChI=1S/C68H118N4/c1-7-19-53(20-8-1)31-32-54-33-39-62(40-34-54)70(59-25-13-4-14-26-59)65-45-49-67(50-46-65)72(61-29-17-6-18-30-61)68-51-47-66(48-52-68)71(60-27-15-5-16-28-60)64-43-37-56(38-44-64)55-35-41-63(42-36-55)69(57-21-9-2-10-22-57)58-23-11-3-12-24-58/h31-32,53-68H,1-30,33-52H2. The van der Waals surface area contributed by atoms with E-state index in [0.29, 0.717) is 0 Å². The summed E-state index contributed by atoms with van der Waals surface area (Å²) in [5, 5.41) is 0. The second kappa shape index (κ2) is 27.4. The van der Waals surface area contributed by atoms with Crippen LogP contribution >= 0.6 is 0 Å². The van der Waals surface area contributed by atoms with E-state index in [4.69, 9.17) is 0 Å². The van der Waals surface area contributed by atoms with E-state index in [1.165, 1.54) is 295 Å². The van der Waals surface area contributed by atoms with E-state index < -0.39 is 0 Å². The van der Waals surface area contributed by atoms with Crippen molar-refractivity contribution in [2.24, 2.45) is 23.7 Å². The highest BCUT2D eigenvalue weighted by Crippen LogP contribution is 2.47. The normalized spacial score (nSPS) is 38.1. The summed E-state index contributed by atoms with van der Waals surface area (Å²) in [5.41, 5.74) is 0. The smallest absolute Gasteiger partial charge is 0.0102 e. The van der Waals surface area contributed by atoms with Crippen LogP contribution in [0.2, 0.25) is 0 Å². The highest BCUT2D eigenvalue weighted by molar-refractivity contribution is 5.02. The molecule has 0 aromatic heterocycles. The average molecular weight is 992 g/mol. The van der Waals surface area contributed by atoms with Crippen LogP contribution in [-0.4, -0.2) is 92.1 Å². The van der Waals surface area contributed by atoms with Gasteiger partial charge in [-0.1, -0.05) is 128 Å². The van der Waals surface area contributed by atoms with Gasteiger partial charge < -0.3 is 0 Å². The van der Waals surface area contributed by atoms with Crippen molar-refractivity contribution >= 4 is 0 Å². The molecule has 4 heteroatoms. The lowest BCUT2D eigenvalue weighted by atomic mass is 9.70. The molecule has 0 heterocycles. The molecule has 0 spiro atoms. The first-order valence-electron chi connectivity index (χ1n) is 34.5. The molecule has 0 N–H and O–H groups in total. The Kier molecular flexibility index (Phi) is 20.4. The number of hydrogen-bond acceptors (Lipinski definition) is 4. The van der Waals surface area contributed by atoms with Crippen molar-refractivity contribution in [3.05, 3.63) is 12.2 Å². The number of nitrogens with zero attached hydrogens (tertiary/aromatic N) is 4. The van der Waals surface area contributed by atoms with Gasteiger partial charge >= 0.3 is 0 Å². The van der Waals surface area contributed by atoms with Crippen molar-refractivity contribution in [1.82, 2.24) is 19.6 Å². The molecular formula is C68H118N4. The first-order chi connectivity index (χ1) is 35.7. The van der Waals surface area contributed by atoms with Crippen LogP contribution in [0.4, 0.5) is 0 Å². The minimum absolute atomic E-state index is 0.863. The van der Waals surface area contributed by atoms with Gasteiger partial charge in [0.1, 0.15) is 0 Å². The van der Waals surface area contributed by atoms with Gasteiger partial charge in [-0.3, -0.25) is 19.6 Å². The second-order valence-electron chi connectivity index (χ2n) is 28.7. The van der Waals surface area contributed by atoms with Crippen LogP contribution in [0.15, 0.2) is 12.2 Å². The summed E-state index contributed by atoms with van der Waals surface area (Å²) in [6, 6.07) is 10.7. The van der Waals surface area contributed by atoms with Gasteiger partial charge in [-0.05, 0) is 229 Å². The quantitative estimate of drug-likeness (QED) is 0.152. The predicted molar refractivity (Wildman–Crippen MR) is 307 cm³/mol. The maximum absolute atomic E-state index is 3.34. The first-order valence-corrected chi connectivity index (χ1v) is 34.5. The van der Waals surface area contributed by atoms with E-state index in [9.17, 15) is 0 Å². The van der Waals surface area contributed by atoms with E-state index in [-0.39, 0.29) is 0 Å². The van der Waals surface area contributed by atoms with Gasteiger partial charge in [-0.25, -0.2) is 0 Å². The Morgan fingerprint density at radius 1 is 0.153 bits per heavy atom. The van der Waals surface area contributed by atoms with E-state index >= 15 is 0 Å². The van der Waals surface area contributed by atoms with Gasteiger partial charge in [-0.2, -0.15) is 0 Å². The molecular weight excluding hydrogens is 873 g/mol. The van der Waals surface area contributed by atoms with Gasteiger partial charge in [-0.15, -0.1) is 0 Å². The fraction of sp³-hybridized carbons (Fsp3) is 0.971. The van der Waals surface area contributed by atoms with Crippen LogP contribution in [0.3, 0.4) is 0 Å². The number of allylic oxidation sites excluding steroid dienone is 2. The molecule has 11 aliphatic rings. The first kappa shape index (κ1) is 53.6. The topological polar surface area (TPSA) is 13.0 Å². The van der Waals surface area contributed by atoms with Gasteiger partial charge in [0.05, 0.1) is 0 Å². The molecule has 11 saturated carbocycles. The largest absolute Gasteiger partial charge is 0.294 e. The summed E-state index contributed by atoms with van der Waals surface area (Å²) in [7, 11) is 0. The van der Waals surface area contributed by atoms with Crippen molar-refractivity contribution in [1.29, 1.82) is 0 Å². The predicted octanol–water partition coefficient (Wildman–Crippen LogP) is 18.3. The number of rotatable bonds is 15. The average Bonchev–Trinajstić information content (AvgIpc) is 3.46. The van der Waals surface area contributed by atoms with Gasteiger partial charge in [0.25, 0.3) is 0 Å². The third-order valence-corrected chi connectivity index (χ3v) is 24.5.